The lowest BCUT2D eigenvalue weighted by Crippen LogP contribution is -2.47. The van der Waals surface area contributed by atoms with Crippen molar-refractivity contribution in [3.05, 3.63) is 24.0 Å². The van der Waals surface area contributed by atoms with Crippen LogP contribution in [0.15, 0.2) is 23.5 Å². The van der Waals surface area contributed by atoms with Gasteiger partial charge in [0, 0.05) is 59.4 Å². The number of methoxy groups -OCH3 is 1. The summed E-state index contributed by atoms with van der Waals surface area (Å²) in [4.78, 5) is 7.14. The molecule has 1 N–H and O–H groups in total. The van der Waals surface area contributed by atoms with Crippen LogP contribution in [0.2, 0.25) is 0 Å². The molecule has 0 saturated carbocycles. The van der Waals surface area contributed by atoms with Crippen molar-refractivity contribution < 1.29 is 9.47 Å². The smallest absolute Gasteiger partial charge is 0.194 e. The molecule has 6 heteroatoms. The Morgan fingerprint density at radius 3 is 2.75 bits per heavy atom. The van der Waals surface area contributed by atoms with E-state index in [-0.39, 0.29) is 0 Å². The van der Waals surface area contributed by atoms with Crippen LogP contribution in [0, 0.1) is 0 Å². The molecule has 0 spiro atoms. The highest BCUT2D eigenvalue weighted by molar-refractivity contribution is 5.80. The molecule has 0 aliphatic carbocycles. The lowest BCUT2D eigenvalue weighted by Gasteiger charge is -2.34. The van der Waals surface area contributed by atoms with Gasteiger partial charge >= 0.3 is 0 Å². The maximum atomic E-state index is 5.94. The van der Waals surface area contributed by atoms with Gasteiger partial charge in [0.1, 0.15) is 0 Å². The number of guanidine groups is 1. The van der Waals surface area contributed by atoms with Gasteiger partial charge in [-0.05, 0) is 37.8 Å². The van der Waals surface area contributed by atoms with Crippen molar-refractivity contribution in [1.82, 2.24) is 14.8 Å². The number of hydrogen-bond donors (Lipinski definition) is 1. The number of likely N-dealkylation sites (tertiary alicyclic amines) is 1. The van der Waals surface area contributed by atoms with Crippen molar-refractivity contribution in [3.8, 4) is 0 Å². The van der Waals surface area contributed by atoms with Gasteiger partial charge in [0.25, 0.3) is 0 Å². The lowest BCUT2D eigenvalue weighted by atomic mass is 10.1. The van der Waals surface area contributed by atoms with Gasteiger partial charge in [0.05, 0.1) is 12.6 Å². The van der Waals surface area contributed by atoms with Gasteiger partial charge in [-0.25, -0.2) is 4.99 Å². The van der Waals surface area contributed by atoms with E-state index in [0.29, 0.717) is 6.10 Å². The van der Waals surface area contributed by atoms with Crippen LogP contribution in [-0.2, 0) is 23.1 Å². The highest BCUT2D eigenvalue weighted by Crippen LogP contribution is 2.14. The van der Waals surface area contributed by atoms with Crippen molar-refractivity contribution >= 4 is 5.96 Å². The topological polar surface area (TPSA) is 51.0 Å². The second-order valence-electron chi connectivity index (χ2n) is 6.26. The van der Waals surface area contributed by atoms with Crippen LogP contribution in [0.4, 0.5) is 0 Å². The molecule has 1 saturated heterocycles. The first-order valence-corrected chi connectivity index (χ1v) is 8.97. The normalized spacial score (nSPS) is 16.6. The van der Waals surface area contributed by atoms with Crippen LogP contribution in [0.25, 0.3) is 0 Å². The molecule has 0 aromatic carbocycles. The number of piperidine rings is 1. The zero-order valence-electron chi connectivity index (χ0n) is 15.3. The van der Waals surface area contributed by atoms with Gasteiger partial charge in [0.15, 0.2) is 5.96 Å². The first-order chi connectivity index (χ1) is 11.7. The fraction of sp³-hybridized carbons (Fsp3) is 0.722. The highest BCUT2D eigenvalue weighted by atomic mass is 16.5. The quantitative estimate of drug-likeness (QED) is 0.448. The number of ether oxygens (including phenoxy) is 2. The van der Waals surface area contributed by atoms with Crippen LogP contribution < -0.4 is 5.32 Å². The summed E-state index contributed by atoms with van der Waals surface area (Å²) in [5.74, 6) is 1.01. The molecule has 24 heavy (non-hydrogen) atoms. The summed E-state index contributed by atoms with van der Waals surface area (Å²) >= 11 is 0. The number of nitrogens with one attached hydrogen (secondary N) is 1. The molecule has 136 valence electrons. The van der Waals surface area contributed by atoms with E-state index in [1.165, 1.54) is 5.56 Å². The van der Waals surface area contributed by atoms with Crippen LogP contribution in [0.3, 0.4) is 0 Å². The van der Waals surface area contributed by atoms with E-state index in [4.69, 9.17) is 14.5 Å². The first-order valence-electron chi connectivity index (χ1n) is 8.97. The van der Waals surface area contributed by atoms with E-state index < -0.39 is 0 Å². The Hall–Kier alpha value is -1.53. The van der Waals surface area contributed by atoms with Crippen molar-refractivity contribution in [2.24, 2.45) is 12.0 Å². The zero-order chi connectivity index (χ0) is 17.2. The van der Waals surface area contributed by atoms with Crippen molar-refractivity contribution in [1.29, 1.82) is 0 Å². The molecule has 0 atom stereocenters. The number of hydrogen-bond acceptors (Lipinski definition) is 3. The molecule has 2 heterocycles. The number of nitrogens with zero attached hydrogens (tertiary/aromatic N) is 3. The minimum Gasteiger partial charge on any atom is -0.385 e. The molecule has 1 aliphatic rings. The Kier molecular flexibility index (Phi) is 8.12. The minimum atomic E-state index is 0.370. The predicted molar refractivity (Wildman–Crippen MR) is 97.3 cm³/mol. The summed E-state index contributed by atoms with van der Waals surface area (Å²) in [5, 5.41) is 3.42. The summed E-state index contributed by atoms with van der Waals surface area (Å²) in [5.41, 5.74) is 1.24. The molecular formula is C18H32N4O2. The SMILES string of the molecule is CCNC(=NCc1ccn(C)c1)N1CCC(OCCCOC)CC1. The van der Waals surface area contributed by atoms with Crippen molar-refractivity contribution in [2.75, 3.05) is 40.0 Å². The monoisotopic (exact) mass is 336 g/mol. The van der Waals surface area contributed by atoms with E-state index in [1.54, 1.807) is 7.11 Å². The van der Waals surface area contributed by atoms with E-state index >= 15 is 0 Å². The van der Waals surface area contributed by atoms with Gasteiger partial charge in [-0.3, -0.25) is 0 Å². The minimum absolute atomic E-state index is 0.370. The van der Waals surface area contributed by atoms with Gasteiger partial charge < -0.3 is 24.3 Å². The third-order valence-electron chi connectivity index (χ3n) is 4.23. The molecule has 2 rings (SSSR count). The van der Waals surface area contributed by atoms with E-state index in [2.05, 4.69) is 40.2 Å². The third kappa shape index (κ3) is 6.17. The zero-order valence-corrected chi connectivity index (χ0v) is 15.3. The highest BCUT2D eigenvalue weighted by Gasteiger charge is 2.21. The van der Waals surface area contributed by atoms with Gasteiger partial charge in [-0.1, -0.05) is 0 Å². The fourth-order valence-corrected chi connectivity index (χ4v) is 2.93. The van der Waals surface area contributed by atoms with E-state index in [1.807, 2.05) is 7.05 Å². The number of aryl methyl sites for hydroxylation is 1. The molecule has 0 radical (unpaired) electrons. The third-order valence-corrected chi connectivity index (χ3v) is 4.23. The molecule has 1 aliphatic heterocycles. The summed E-state index contributed by atoms with van der Waals surface area (Å²) in [7, 11) is 3.77. The standard InChI is InChI=1S/C18H32N4O2/c1-4-19-18(20-14-16-6-9-21(2)15-16)22-10-7-17(8-11-22)24-13-5-12-23-3/h6,9,15,17H,4-5,7-8,10-14H2,1-3H3,(H,19,20). The second kappa shape index (κ2) is 10.4. The first kappa shape index (κ1) is 18.8. The van der Waals surface area contributed by atoms with E-state index in [9.17, 15) is 0 Å². The Labute approximate surface area is 145 Å². The molecule has 0 bridgehead atoms. The average Bonchev–Trinajstić information content (AvgIpc) is 3.01. The number of rotatable bonds is 8. The Morgan fingerprint density at radius 1 is 1.33 bits per heavy atom. The summed E-state index contributed by atoms with van der Waals surface area (Å²) in [6.45, 7) is 7.28. The Balaban J connectivity index is 1.79. The van der Waals surface area contributed by atoms with Crippen molar-refractivity contribution in [2.45, 2.75) is 38.8 Å². The van der Waals surface area contributed by atoms with Crippen LogP contribution in [-0.4, -0.2) is 61.5 Å². The van der Waals surface area contributed by atoms with Gasteiger partial charge in [-0.15, -0.1) is 0 Å². The van der Waals surface area contributed by atoms with Crippen LogP contribution in [0.1, 0.15) is 31.7 Å². The van der Waals surface area contributed by atoms with Crippen LogP contribution in [0.5, 0.6) is 0 Å². The number of aliphatic imine (C=N–C) groups is 1. The Bertz CT molecular complexity index is 493. The number of aromatic nitrogens is 1. The predicted octanol–water partition coefficient (Wildman–Crippen LogP) is 2.01. The largest absolute Gasteiger partial charge is 0.385 e. The molecule has 1 aromatic rings. The second-order valence-corrected chi connectivity index (χ2v) is 6.26. The summed E-state index contributed by atoms with van der Waals surface area (Å²) in [6, 6.07) is 2.12. The Morgan fingerprint density at radius 2 is 2.12 bits per heavy atom. The summed E-state index contributed by atoms with van der Waals surface area (Å²) in [6.07, 6.45) is 7.64. The molecule has 6 nitrogen and oxygen atoms in total. The summed E-state index contributed by atoms with van der Waals surface area (Å²) < 4.78 is 13.1. The molecule has 0 unspecified atom stereocenters. The molecular weight excluding hydrogens is 304 g/mol. The molecule has 0 amide bonds. The maximum absolute atomic E-state index is 5.94. The van der Waals surface area contributed by atoms with Crippen molar-refractivity contribution in [3.63, 3.8) is 0 Å². The lowest BCUT2D eigenvalue weighted by molar-refractivity contribution is 0.00990. The maximum Gasteiger partial charge on any atom is 0.194 e. The van der Waals surface area contributed by atoms with Gasteiger partial charge in [0.2, 0.25) is 0 Å². The average molecular weight is 336 g/mol. The van der Waals surface area contributed by atoms with Gasteiger partial charge in [-0.2, -0.15) is 0 Å². The molecule has 1 aromatic heterocycles. The molecule has 1 fully saturated rings. The van der Waals surface area contributed by atoms with Crippen LogP contribution >= 0.6 is 0 Å². The van der Waals surface area contributed by atoms with E-state index in [0.717, 1.165) is 64.6 Å². The fourth-order valence-electron chi connectivity index (χ4n) is 2.93.